The summed E-state index contributed by atoms with van der Waals surface area (Å²) in [5.41, 5.74) is -0.362. The molecule has 4 nitrogen and oxygen atoms in total. The zero-order chi connectivity index (χ0) is 11.7. The van der Waals surface area contributed by atoms with E-state index in [2.05, 4.69) is 0 Å². The first-order chi connectivity index (χ1) is 7.11. The molecule has 1 atom stereocenters. The van der Waals surface area contributed by atoms with E-state index in [1.165, 1.54) is 0 Å². The Morgan fingerprint density at radius 2 is 1.80 bits per heavy atom. The maximum Gasteiger partial charge on any atom is 0.127 e. The smallest absolute Gasteiger partial charge is 0.127 e. The van der Waals surface area contributed by atoms with Gasteiger partial charge in [0.15, 0.2) is 0 Å². The van der Waals surface area contributed by atoms with Crippen molar-refractivity contribution < 1.29 is 15.0 Å². The van der Waals surface area contributed by atoms with Crippen LogP contribution in [0.5, 0.6) is 0 Å². The lowest BCUT2D eigenvalue weighted by Gasteiger charge is -2.30. The van der Waals surface area contributed by atoms with Gasteiger partial charge in [-0.05, 0) is 6.42 Å². The summed E-state index contributed by atoms with van der Waals surface area (Å²) in [5.74, 6) is 0. The minimum Gasteiger partial charge on any atom is -0.395 e. The minimum absolute atomic E-state index is 0.0566. The highest BCUT2D eigenvalue weighted by Gasteiger charge is 2.25. The van der Waals surface area contributed by atoms with E-state index in [-0.39, 0.29) is 18.6 Å². The predicted octanol–water partition coefficient (Wildman–Crippen LogP) is 0.278. The van der Waals surface area contributed by atoms with Crippen LogP contribution in [0.4, 0.5) is 0 Å². The highest BCUT2D eigenvalue weighted by molar-refractivity contribution is 5.58. The second-order valence-electron chi connectivity index (χ2n) is 4.25. The molecule has 0 fully saturated rings. The fourth-order valence-corrected chi connectivity index (χ4v) is 1.81. The number of carbonyl (C=O) groups is 1. The van der Waals surface area contributed by atoms with Crippen molar-refractivity contribution in [2.24, 2.45) is 5.41 Å². The van der Waals surface area contributed by atoms with Gasteiger partial charge < -0.3 is 15.0 Å². The number of hydrogen-bond donors (Lipinski definition) is 2. The van der Waals surface area contributed by atoms with E-state index in [9.17, 15) is 4.79 Å². The Morgan fingerprint density at radius 1 is 1.27 bits per heavy atom. The van der Waals surface area contributed by atoms with E-state index >= 15 is 0 Å². The Bertz CT molecular complexity index is 169. The lowest BCUT2D eigenvalue weighted by Crippen LogP contribution is -2.40. The van der Waals surface area contributed by atoms with E-state index in [1.54, 1.807) is 0 Å². The summed E-state index contributed by atoms with van der Waals surface area (Å²) >= 11 is 0. The third kappa shape index (κ3) is 5.87. The summed E-state index contributed by atoms with van der Waals surface area (Å²) in [4.78, 5) is 12.9. The van der Waals surface area contributed by atoms with Gasteiger partial charge in [0.25, 0.3) is 0 Å². The van der Waals surface area contributed by atoms with Crippen molar-refractivity contribution in [1.29, 1.82) is 0 Å². The molecule has 0 rings (SSSR count). The summed E-state index contributed by atoms with van der Waals surface area (Å²) in [6.45, 7) is 5.70. The molecule has 0 aromatic heterocycles. The number of nitrogens with zero attached hydrogens (tertiary/aromatic N) is 1. The van der Waals surface area contributed by atoms with Gasteiger partial charge in [0.2, 0.25) is 0 Å². The highest BCUT2D eigenvalue weighted by atomic mass is 16.3. The Hall–Kier alpha value is -0.450. The molecule has 0 aliphatic heterocycles. The molecule has 0 aliphatic carbocycles. The van der Waals surface area contributed by atoms with Gasteiger partial charge in [0.1, 0.15) is 6.29 Å². The van der Waals surface area contributed by atoms with Crippen molar-refractivity contribution in [2.45, 2.75) is 26.7 Å². The molecule has 1 unspecified atom stereocenters. The summed E-state index contributed by atoms with van der Waals surface area (Å²) in [6, 6.07) is 0. The molecule has 0 aromatic carbocycles. The summed E-state index contributed by atoms with van der Waals surface area (Å²) in [5, 5.41) is 17.7. The number of carbonyl (C=O) groups excluding carboxylic acids is 1. The molecule has 0 amide bonds. The van der Waals surface area contributed by atoms with Crippen molar-refractivity contribution >= 4 is 6.29 Å². The maximum absolute atomic E-state index is 11.0. The van der Waals surface area contributed by atoms with Crippen LogP contribution in [-0.4, -0.2) is 54.2 Å². The van der Waals surface area contributed by atoms with Gasteiger partial charge in [-0.2, -0.15) is 0 Å². The molecule has 0 heterocycles. The first kappa shape index (κ1) is 14.6. The fraction of sp³-hybridized carbons (Fsp3) is 0.909. The first-order valence-electron chi connectivity index (χ1n) is 5.52. The van der Waals surface area contributed by atoms with Crippen LogP contribution in [0.25, 0.3) is 0 Å². The number of aldehydes is 1. The highest BCUT2D eigenvalue weighted by Crippen LogP contribution is 2.21. The van der Waals surface area contributed by atoms with Gasteiger partial charge in [0, 0.05) is 25.0 Å². The normalized spacial score (nSPS) is 15.3. The maximum atomic E-state index is 11.0. The van der Waals surface area contributed by atoms with Crippen molar-refractivity contribution in [2.75, 3.05) is 32.8 Å². The topological polar surface area (TPSA) is 60.8 Å². The molecule has 4 heteroatoms. The molecule has 0 aliphatic rings. The second-order valence-corrected chi connectivity index (χ2v) is 4.25. The Labute approximate surface area is 91.9 Å². The third-order valence-electron chi connectivity index (χ3n) is 2.52. The van der Waals surface area contributed by atoms with E-state index < -0.39 is 0 Å². The third-order valence-corrected chi connectivity index (χ3v) is 2.52. The summed E-state index contributed by atoms with van der Waals surface area (Å²) in [7, 11) is 0. The molecular formula is C11H23NO3. The molecular weight excluding hydrogens is 194 g/mol. The van der Waals surface area contributed by atoms with Crippen molar-refractivity contribution in [3.8, 4) is 0 Å². The predicted molar refractivity (Wildman–Crippen MR) is 59.7 cm³/mol. The van der Waals surface area contributed by atoms with E-state index in [4.69, 9.17) is 10.2 Å². The molecule has 0 spiro atoms. The van der Waals surface area contributed by atoms with Crippen LogP contribution in [0.2, 0.25) is 0 Å². The monoisotopic (exact) mass is 217 g/mol. The summed E-state index contributed by atoms with van der Waals surface area (Å²) in [6.07, 6.45) is 2.78. The van der Waals surface area contributed by atoms with Gasteiger partial charge in [-0.15, -0.1) is 0 Å². The average Bonchev–Trinajstić information content (AvgIpc) is 2.19. The number of aliphatic hydroxyl groups excluding tert-OH is 2. The van der Waals surface area contributed by atoms with E-state index in [0.717, 1.165) is 19.1 Å². The number of rotatable bonds is 9. The molecule has 0 bridgehead atoms. The molecule has 0 saturated carbocycles. The lowest BCUT2D eigenvalue weighted by molar-refractivity contribution is -0.117. The van der Waals surface area contributed by atoms with Crippen LogP contribution >= 0.6 is 0 Å². The number of hydrogen-bond acceptors (Lipinski definition) is 4. The second kappa shape index (κ2) is 7.79. The standard InChI is InChI=1S/C11H23NO3/c1-3-4-11(2,10-15)9-12(5-7-13)6-8-14/h10,13-14H,3-9H2,1-2H3. The van der Waals surface area contributed by atoms with Gasteiger partial charge in [-0.25, -0.2) is 0 Å². The van der Waals surface area contributed by atoms with Gasteiger partial charge >= 0.3 is 0 Å². The van der Waals surface area contributed by atoms with E-state index in [0.29, 0.717) is 19.6 Å². The Morgan fingerprint density at radius 3 is 2.13 bits per heavy atom. The average molecular weight is 217 g/mol. The molecule has 15 heavy (non-hydrogen) atoms. The Balaban J connectivity index is 4.25. The van der Waals surface area contributed by atoms with Crippen molar-refractivity contribution in [3.05, 3.63) is 0 Å². The lowest BCUT2D eigenvalue weighted by atomic mass is 9.87. The van der Waals surface area contributed by atoms with Gasteiger partial charge in [-0.1, -0.05) is 20.3 Å². The van der Waals surface area contributed by atoms with Gasteiger partial charge in [0.05, 0.1) is 13.2 Å². The SMILES string of the molecule is CCCC(C)(C=O)CN(CCO)CCO. The first-order valence-corrected chi connectivity index (χ1v) is 5.52. The quantitative estimate of drug-likeness (QED) is 0.545. The molecule has 90 valence electrons. The fourth-order valence-electron chi connectivity index (χ4n) is 1.81. The zero-order valence-electron chi connectivity index (χ0n) is 9.78. The minimum atomic E-state index is -0.362. The van der Waals surface area contributed by atoms with Crippen molar-refractivity contribution in [3.63, 3.8) is 0 Å². The molecule has 2 N–H and O–H groups in total. The Kier molecular flexibility index (Phi) is 7.56. The van der Waals surface area contributed by atoms with Crippen LogP contribution in [0.15, 0.2) is 0 Å². The van der Waals surface area contributed by atoms with Crippen LogP contribution in [0, 0.1) is 5.41 Å². The van der Waals surface area contributed by atoms with Crippen LogP contribution in [-0.2, 0) is 4.79 Å². The molecule has 0 radical (unpaired) electrons. The largest absolute Gasteiger partial charge is 0.395 e. The molecule has 0 saturated heterocycles. The summed E-state index contributed by atoms with van der Waals surface area (Å²) < 4.78 is 0. The van der Waals surface area contributed by atoms with E-state index in [1.807, 2.05) is 18.7 Å². The molecule has 0 aromatic rings. The van der Waals surface area contributed by atoms with Crippen LogP contribution in [0.1, 0.15) is 26.7 Å². The number of aliphatic hydroxyl groups is 2. The van der Waals surface area contributed by atoms with Crippen LogP contribution in [0.3, 0.4) is 0 Å². The van der Waals surface area contributed by atoms with Gasteiger partial charge in [-0.3, -0.25) is 4.90 Å². The van der Waals surface area contributed by atoms with Crippen LogP contribution < -0.4 is 0 Å². The van der Waals surface area contributed by atoms with Crippen molar-refractivity contribution in [1.82, 2.24) is 4.90 Å². The zero-order valence-corrected chi connectivity index (χ0v) is 9.78.